The maximum atomic E-state index is 15.8. The van der Waals surface area contributed by atoms with E-state index >= 15 is 13.2 Å². The van der Waals surface area contributed by atoms with E-state index < -0.39 is 112 Å². The highest BCUT2D eigenvalue weighted by Crippen LogP contribution is 2.59. The molecule has 2 heterocycles. The summed E-state index contributed by atoms with van der Waals surface area (Å²) in [4.78, 5) is 51.2. The van der Waals surface area contributed by atoms with Gasteiger partial charge in [0.05, 0.1) is 37.5 Å². The van der Waals surface area contributed by atoms with Gasteiger partial charge in [0.15, 0.2) is 28.7 Å². The first-order valence-electron chi connectivity index (χ1n) is 15.3. The summed E-state index contributed by atoms with van der Waals surface area (Å²) < 4.78 is 97.5. The molecule has 1 unspecified atom stereocenters. The van der Waals surface area contributed by atoms with Gasteiger partial charge in [0.1, 0.15) is 5.82 Å². The van der Waals surface area contributed by atoms with E-state index in [-0.39, 0.29) is 34.9 Å². The lowest BCUT2D eigenvalue weighted by Crippen LogP contribution is -2.34. The Bertz CT molecular complexity index is 2600. The predicted molar refractivity (Wildman–Crippen MR) is 184 cm³/mol. The van der Waals surface area contributed by atoms with E-state index in [9.17, 15) is 44.6 Å². The van der Waals surface area contributed by atoms with Crippen LogP contribution in [0.3, 0.4) is 0 Å². The molecular weight excluding hydrogens is 850 g/mol. The van der Waals surface area contributed by atoms with Gasteiger partial charge in [-0.1, -0.05) is 28.6 Å². The number of fused-ring (bicyclic) bond motifs is 6. The van der Waals surface area contributed by atoms with Crippen LogP contribution in [0.1, 0.15) is 32.6 Å². The van der Waals surface area contributed by atoms with Crippen LogP contribution < -0.4 is 23.8 Å². The smallest absolute Gasteiger partial charge is 0.340 e. The van der Waals surface area contributed by atoms with E-state index in [0.717, 1.165) is 17.7 Å². The maximum absolute atomic E-state index is 15.8. The number of aryl methyl sites for hydroxylation is 1. The lowest BCUT2D eigenvalue weighted by atomic mass is 9.77. The molecule has 5 aromatic carbocycles. The third-order valence-corrected chi connectivity index (χ3v) is 8.38. The molecule has 306 valence electrons. The van der Waals surface area contributed by atoms with Crippen molar-refractivity contribution in [2.75, 3.05) is 0 Å². The summed E-state index contributed by atoms with van der Waals surface area (Å²) in [5.74, 6) is -13.2. The Kier molecular flexibility index (Phi) is 12.6. The molecule has 0 fully saturated rings. The molecule has 59 heavy (non-hydrogen) atoms. The number of ether oxygens (including phenoxy) is 2. The zero-order chi connectivity index (χ0) is 43.3. The van der Waals surface area contributed by atoms with E-state index in [2.05, 4.69) is 14.1 Å². The van der Waals surface area contributed by atoms with Crippen LogP contribution in [0.4, 0.5) is 34.6 Å². The zero-order valence-electron chi connectivity index (χ0n) is 28.6. The van der Waals surface area contributed by atoms with Crippen LogP contribution in [-0.4, -0.2) is 34.4 Å². The molecular formula is C33H16F4N3O17S2-. The molecule has 7 rings (SSSR count). The highest BCUT2D eigenvalue weighted by Gasteiger charge is 2.56. The topological polar surface area (TPSA) is 279 Å². The van der Waals surface area contributed by atoms with Crippen molar-refractivity contribution in [3.05, 3.63) is 154 Å². The van der Waals surface area contributed by atoms with Gasteiger partial charge >= 0.3 is 28.9 Å². The van der Waals surface area contributed by atoms with Gasteiger partial charge in [0.25, 0.3) is 18.0 Å². The predicted octanol–water partition coefficient (Wildman–Crippen LogP) is 6.74. The normalized spacial score (nSPS) is 14.0. The van der Waals surface area contributed by atoms with E-state index in [1.54, 1.807) is 13.0 Å². The van der Waals surface area contributed by atoms with Crippen LogP contribution in [0.2, 0.25) is 0 Å². The van der Waals surface area contributed by atoms with Gasteiger partial charge in [-0.3, -0.25) is 30.3 Å². The molecule has 2 aliphatic heterocycles. The first-order chi connectivity index (χ1) is 28.0. The fourth-order valence-electron chi connectivity index (χ4n) is 5.61. The summed E-state index contributed by atoms with van der Waals surface area (Å²) in [6.07, 6.45) is 0. The lowest BCUT2D eigenvalue weighted by Gasteiger charge is -2.37. The molecule has 0 radical (unpaired) electrons. The Morgan fingerprint density at radius 2 is 1.36 bits per heavy atom. The maximum Gasteiger partial charge on any atom is 0.340 e. The number of halogens is 4. The molecule has 2 aliphatic rings. The quantitative estimate of drug-likeness (QED) is 0.0305. The summed E-state index contributed by atoms with van der Waals surface area (Å²) in [6, 6.07) is 13.2. The number of rotatable bonds is 9. The Morgan fingerprint density at radius 1 is 0.763 bits per heavy atom. The molecule has 0 amide bonds. The van der Waals surface area contributed by atoms with Crippen LogP contribution in [-0.2, 0) is 26.2 Å². The minimum absolute atomic E-state index is 0.0588. The van der Waals surface area contributed by atoms with Gasteiger partial charge in [-0.05, 0) is 48.6 Å². The molecule has 0 saturated heterocycles. The number of carbonyl (C=O) groups is 1. The van der Waals surface area contributed by atoms with Crippen molar-refractivity contribution >= 4 is 46.9 Å². The van der Waals surface area contributed by atoms with Gasteiger partial charge in [-0.25, -0.2) is 23.2 Å². The van der Waals surface area contributed by atoms with Gasteiger partial charge < -0.3 is 28.5 Å². The highest BCUT2D eigenvalue weighted by atomic mass is 32.2. The summed E-state index contributed by atoms with van der Waals surface area (Å²) in [6.45, 7) is 1.72. The number of nitro groups is 3. The van der Waals surface area contributed by atoms with Crippen molar-refractivity contribution in [2.45, 2.75) is 12.5 Å². The highest BCUT2D eigenvalue weighted by molar-refractivity contribution is 7.90. The van der Waals surface area contributed by atoms with Crippen LogP contribution >= 0.6 is 12.3 Å². The second kappa shape index (κ2) is 17.4. The second-order valence-corrected chi connectivity index (χ2v) is 11.9. The SMILES string of the molecule is Cc1ccc(OO)c([N+](=O)[O-])c1.O=C1OC2(c3ccccc31)c1cc(F)c([O-])c(F)c1Oc1c2cc(F)c(OSOOc2ccc([N+](=O)[O-])cc2[N+](=O)[O-])c1F.O=S=O. The van der Waals surface area contributed by atoms with Gasteiger partial charge in [0, 0.05) is 17.7 Å². The summed E-state index contributed by atoms with van der Waals surface area (Å²) in [7, 11) is 0. The number of hydrogen-bond acceptors (Lipinski definition) is 18. The minimum Gasteiger partial charge on any atom is -0.868 e. The fourth-order valence-corrected chi connectivity index (χ4v) is 5.96. The Morgan fingerprint density at radius 3 is 1.98 bits per heavy atom. The first kappa shape index (κ1) is 42.7. The monoisotopic (exact) mass is 866 g/mol. The Balaban J connectivity index is 0.000000374. The van der Waals surface area contributed by atoms with Crippen LogP contribution in [0, 0.1) is 60.5 Å². The molecule has 0 bridgehead atoms. The first-order valence-corrected chi connectivity index (χ1v) is 16.7. The zero-order valence-corrected chi connectivity index (χ0v) is 30.2. The van der Waals surface area contributed by atoms with Crippen molar-refractivity contribution in [3.63, 3.8) is 0 Å². The van der Waals surface area contributed by atoms with E-state index in [4.69, 9.17) is 27.3 Å². The van der Waals surface area contributed by atoms with Crippen molar-refractivity contribution in [1.29, 1.82) is 0 Å². The number of hydrogen-bond donors (Lipinski definition) is 1. The summed E-state index contributed by atoms with van der Waals surface area (Å²) >= 11 is -1.01. The molecule has 0 aliphatic carbocycles. The molecule has 1 N–H and O–H groups in total. The largest absolute Gasteiger partial charge is 0.868 e. The Hall–Kier alpha value is -7.42. The van der Waals surface area contributed by atoms with Crippen LogP contribution in [0.15, 0.2) is 72.8 Å². The third kappa shape index (κ3) is 8.08. The van der Waals surface area contributed by atoms with E-state index in [1.165, 1.54) is 36.4 Å². The molecule has 20 nitrogen and oxygen atoms in total. The molecule has 5 aromatic rings. The second-order valence-electron chi connectivity index (χ2n) is 11.3. The number of nitro benzene ring substituents is 3. The molecule has 26 heteroatoms. The van der Waals surface area contributed by atoms with Crippen LogP contribution in [0.25, 0.3) is 0 Å². The standard InChI is InChI=1S/C26H10F4N2O11S.C7H7NO4.O2S/c27-15-8-13-22(19(29)21(15)33)39-23-14(26(13)12-4-2-1-3-11(12)25(34)40-26)9-16(28)24(20(23)30)42-44-43-41-18-6-5-10(31(35)36)7-17(18)32(37)38;1-5-2-3-7(12-11)6(4-5)8(9)10;1-3-2/h1-9,33H;2-4,11H,1H3;/p-1. The number of esters is 1. The number of carbonyl (C=O) groups excluding carboxylic acids is 1. The van der Waals surface area contributed by atoms with Crippen molar-refractivity contribution < 1.29 is 83.7 Å². The fraction of sp³-hybridized carbons (Fsp3) is 0.0606. The van der Waals surface area contributed by atoms with Crippen molar-refractivity contribution in [1.82, 2.24) is 0 Å². The number of nitrogens with zero attached hydrogens (tertiary/aromatic N) is 3. The number of non-ortho nitro benzene ring substituents is 1. The number of benzene rings is 5. The van der Waals surface area contributed by atoms with Crippen molar-refractivity contribution in [2.24, 2.45) is 0 Å². The molecule has 0 saturated carbocycles. The van der Waals surface area contributed by atoms with Gasteiger partial charge in [0.2, 0.25) is 23.1 Å². The van der Waals surface area contributed by atoms with Crippen molar-refractivity contribution in [3.8, 4) is 34.5 Å². The van der Waals surface area contributed by atoms with Crippen LogP contribution in [0.5, 0.6) is 34.5 Å². The Labute approximate surface area is 331 Å². The average Bonchev–Trinajstić information content (AvgIpc) is 3.50. The molecule has 0 aromatic heterocycles. The van der Waals surface area contributed by atoms with Gasteiger partial charge in [-0.15, -0.1) is 0 Å². The lowest BCUT2D eigenvalue weighted by molar-refractivity contribution is -0.395. The average molecular weight is 867 g/mol. The summed E-state index contributed by atoms with van der Waals surface area (Å²) in [5.41, 5.74) is -4.63. The van der Waals surface area contributed by atoms with E-state index in [0.29, 0.717) is 18.2 Å². The summed E-state index contributed by atoms with van der Waals surface area (Å²) in [5, 5.41) is 52.8. The minimum atomic E-state index is -2.35. The van der Waals surface area contributed by atoms with Gasteiger partial charge in [-0.2, -0.15) is 12.8 Å². The molecule has 1 atom stereocenters. The third-order valence-electron chi connectivity index (χ3n) is 8.03. The molecule has 1 spiro atoms. The van der Waals surface area contributed by atoms with E-state index in [1.807, 2.05) is 0 Å².